The van der Waals surface area contributed by atoms with Gasteiger partial charge in [0.2, 0.25) is 11.8 Å². The van der Waals surface area contributed by atoms with Crippen LogP contribution in [0.4, 0.5) is 19.1 Å². The number of rotatable bonds is 2. The summed E-state index contributed by atoms with van der Waals surface area (Å²) >= 11 is 0. The Balaban J connectivity index is 0.00000132. The minimum atomic E-state index is -4.67. The van der Waals surface area contributed by atoms with E-state index in [0.29, 0.717) is 5.95 Å². The molecule has 1 fully saturated rings. The van der Waals surface area contributed by atoms with Gasteiger partial charge in [0.05, 0.1) is 0 Å². The molecule has 2 aromatic heterocycles. The number of piperazine rings is 1. The van der Waals surface area contributed by atoms with E-state index < -0.39 is 12.1 Å². The van der Waals surface area contributed by atoms with Crippen molar-refractivity contribution in [3.05, 3.63) is 18.2 Å². The Labute approximate surface area is 141 Å². The van der Waals surface area contributed by atoms with Crippen molar-refractivity contribution >= 4 is 30.8 Å². The molecule has 1 aliphatic rings. The van der Waals surface area contributed by atoms with Crippen LogP contribution in [0.2, 0.25) is 0 Å². The number of halogens is 5. The quantitative estimate of drug-likeness (QED) is 0.860. The van der Waals surface area contributed by atoms with Crippen LogP contribution in [0.25, 0.3) is 11.5 Å². The third-order valence-electron chi connectivity index (χ3n) is 2.94. The molecule has 3 rings (SSSR count). The highest BCUT2D eigenvalue weighted by molar-refractivity contribution is 5.85. The lowest BCUT2D eigenvalue weighted by molar-refractivity contribution is -0.159. The fourth-order valence-electron chi connectivity index (χ4n) is 1.93. The minimum absolute atomic E-state index is 0. The van der Waals surface area contributed by atoms with Crippen LogP contribution in [-0.4, -0.2) is 46.3 Å². The van der Waals surface area contributed by atoms with E-state index >= 15 is 0 Å². The summed E-state index contributed by atoms with van der Waals surface area (Å²) in [6, 6.07) is 1.44. The predicted octanol–water partition coefficient (Wildman–Crippen LogP) is 1.80. The Kier molecular flexibility index (Phi) is 6.54. The van der Waals surface area contributed by atoms with Crippen molar-refractivity contribution < 1.29 is 17.7 Å². The first-order valence-electron chi connectivity index (χ1n) is 6.24. The molecule has 0 spiro atoms. The van der Waals surface area contributed by atoms with Crippen LogP contribution in [0.3, 0.4) is 0 Å². The van der Waals surface area contributed by atoms with E-state index in [2.05, 4.69) is 29.9 Å². The second-order valence-corrected chi connectivity index (χ2v) is 4.40. The predicted molar refractivity (Wildman–Crippen MR) is 79.9 cm³/mol. The van der Waals surface area contributed by atoms with E-state index in [1.165, 1.54) is 12.3 Å². The average Bonchev–Trinajstić information content (AvgIpc) is 2.98. The maximum absolute atomic E-state index is 12.4. The molecule has 0 bridgehead atoms. The highest BCUT2D eigenvalue weighted by Gasteiger charge is 2.38. The van der Waals surface area contributed by atoms with Gasteiger partial charge >= 0.3 is 12.1 Å². The van der Waals surface area contributed by atoms with Crippen LogP contribution in [0.15, 0.2) is 16.8 Å². The second kappa shape index (κ2) is 7.75. The summed E-state index contributed by atoms with van der Waals surface area (Å²) in [5, 5.41) is 6.50. The van der Waals surface area contributed by atoms with Crippen LogP contribution in [-0.2, 0) is 6.18 Å². The van der Waals surface area contributed by atoms with Gasteiger partial charge < -0.3 is 14.7 Å². The monoisotopic (exact) mass is 372 g/mol. The van der Waals surface area contributed by atoms with Gasteiger partial charge in [-0.25, -0.2) is 9.97 Å². The maximum atomic E-state index is 12.4. The Morgan fingerprint density at radius 3 is 2.43 bits per heavy atom. The van der Waals surface area contributed by atoms with Crippen molar-refractivity contribution in [1.29, 1.82) is 0 Å². The molecule has 2 aromatic rings. The lowest BCUT2D eigenvalue weighted by Gasteiger charge is -2.27. The molecule has 7 nitrogen and oxygen atoms in total. The largest absolute Gasteiger partial charge is 0.471 e. The van der Waals surface area contributed by atoms with Crippen molar-refractivity contribution in [2.45, 2.75) is 6.18 Å². The molecule has 0 aromatic carbocycles. The lowest BCUT2D eigenvalue weighted by Crippen LogP contribution is -2.44. The van der Waals surface area contributed by atoms with Gasteiger partial charge in [-0.15, -0.1) is 24.8 Å². The Morgan fingerprint density at radius 2 is 1.83 bits per heavy atom. The SMILES string of the molecule is Cl.Cl.FC(F)(F)c1nc(-c2ccnc(N3CCNCC3)n2)no1. The molecular weight excluding hydrogens is 360 g/mol. The summed E-state index contributed by atoms with van der Waals surface area (Å²) in [4.78, 5) is 13.6. The standard InChI is InChI=1S/C11H11F3N6O.2ClH/c12-11(13,14)9-18-8(19-21-9)7-1-2-16-10(17-7)20-5-3-15-4-6-20;;/h1-2,15H,3-6H2;2*1H. The highest BCUT2D eigenvalue weighted by atomic mass is 35.5. The molecule has 1 aliphatic heterocycles. The van der Waals surface area contributed by atoms with E-state index in [1.54, 1.807) is 0 Å². The molecule has 0 saturated carbocycles. The summed E-state index contributed by atoms with van der Waals surface area (Å²) in [7, 11) is 0. The Bertz CT molecular complexity index is 632. The smallest absolute Gasteiger partial charge is 0.338 e. The van der Waals surface area contributed by atoms with Crippen molar-refractivity contribution in [2.24, 2.45) is 0 Å². The maximum Gasteiger partial charge on any atom is 0.471 e. The van der Waals surface area contributed by atoms with Crippen molar-refractivity contribution in [1.82, 2.24) is 25.4 Å². The van der Waals surface area contributed by atoms with Crippen LogP contribution >= 0.6 is 24.8 Å². The van der Waals surface area contributed by atoms with Gasteiger partial charge in [-0.1, -0.05) is 5.16 Å². The first-order chi connectivity index (χ1) is 10.0. The zero-order chi connectivity index (χ0) is 14.9. The minimum Gasteiger partial charge on any atom is -0.338 e. The van der Waals surface area contributed by atoms with Crippen molar-refractivity contribution in [3.8, 4) is 11.5 Å². The topological polar surface area (TPSA) is 80.0 Å². The molecule has 0 atom stereocenters. The van der Waals surface area contributed by atoms with E-state index in [4.69, 9.17) is 0 Å². The van der Waals surface area contributed by atoms with Gasteiger partial charge in [0, 0.05) is 32.4 Å². The first kappa shape index (κ1) is 19.4. The van der Waals surface area contributed by atoms with Gasteiger partial charge in [-0.3, -0.25) is 0 Å². The molecule has 128 valence electrons. The van der Waals surface area contributed by atoms with Gasteiger partial charge in [0.15, 0.2) is 0 Å². The fraction of sp³-hybridized carbons (Fsp3) is 0.455. The summed E-state index contributed by atoms with van der Waals surface area (Å²) in [6.07, 6.45) is -3.21. The molecule has 0 radical (unpaired) electrons. The molecule has 23 heavy (non-hydrogen) atoms. The third-order valence-corrected chi connectivity index (χ3v) is 2.94. The molecular formula is C11H13Cl2F3N6O. The molecule has 0 unspecified atom stereocenters. The number of anilines is 1. The summed E-state index contributed by atoms with van der Waals surface area (Å²) < 4.78 is 41.5. The number of hydrogen-bond acceptors (Lipinski definition) is 7. The number of nitrogens with one attached hydrogen (secondary N) is 1. The Morgan fingerprint density at radius 1 is 1.13 bits per heavy atom. The summed E-state index contributed by atoms with van der Waals surface area (Å²) in [5.74, 6) is -1.16. The third kappa shape index (κ3) is 4.43. The molecule has 12 heteroatoms. The second-order valence-electron chi connectivity index (χ2n) is 4.40. The van der Waals surface area contributed by atoms with Crippen molar-refractivity contribution in [3.63, 3.8) is 0 Å². The number of hydrogen-bond donors (Lipinski definition) is 1. The first-order valence-corrected chi connectivity index (χ1v) is 6.24. The van der Waals surface area contributed by atoms with E-state index in [0.717, 1.165) is 26.2 Å². The number of alkyl halides is 3. The Hall–Kier alpha value is -1.65. The van der Waals surface area contributed by atoms with Gasteiger partial charge in [0.1, 0.15) is 5.69 Å². The van der Waals surface area contributed by atoms with Crippen LogP contribution in [0, 0.1) is 0 Å². The molecule has 0 amide bonds. The fourth-order valence-corrected chi connectivity index (χ4v) is 1.93. The lowest BCUT2D eigenvalue weighted by atomic mass is 10.3. The van der Waals surface area contributed by atoms with Gasteiger partial charge in [0.25, 0.3) is 0 Å². The van der Waals surface area contributed by atoms with Gasteiger partial charge in [-0.2, -0.15) is 18.2 Å². The average molecular weight is 373 g/mol. The molecule has 0 aliphatic carbocycles. The van der Waals surface area contributed by atoms with Crippen molar-refractivity contribution in [2.75, 3.05) is 31.1 Å². The van der Waals surface area contributed by atoms with Crippen LogP contribution in [0.1, 0.15) is 5.89 Å². The number of nitrogens with zero attached hydrogens (tertiary/aromatic N) is 5. The van der Waals surface area contributed by atoms with E-state index in [9.17, 15) is 13.2 Å². The highest BCUT2D eigenvalue weighted by Crippen LogP contribution is 2.29. The normalized spacial score (nSPS) is 14.8. The van der Waals surface area contributed by atoms with E-state index in [-0.39, 0.29) is 36.3 Å². The van der Waals surface area contributed by atoms with E-state index in [1.807, 2.05) is 4.90 Å². The zero-order valence-corrected chi connectivity index (χ0v) is 13.2. The van der Waals surface area contributed by atoms with Gasteiger partial charge in [-0.05, 0) is 6.07 Å². The molecule has 1 N–H and O–H groups in total. The number of aromatic nitrogens is 4. The summed E-state index contributed by atoms with van der Waals surface area (Å²) in [6.45, 7) is 3.05. The van der Waals surface area contributed by atoms with Crippen LogP contribution < -0.4 is 10.2 Å². The molecule has 1 saturated heterocycles. The molecule has 3 heterocycles. The summed E-state index contributed by atoms with van der Waals surface area (Å²) in [5.41, 5.74) is 0.192. The zero-order valence-electron chi connectivity index (χ0n) is 11.6. The van der Waals surface area contributed by atoms with Crippen LogP contribution in [0.5, 0.6) is 0 Å².